The van der Waals surface area contributed by atoms with Crippen LogP contribution in [0.5, 0.6) is 23.1 Å². The van der Waals surface area contributed by atoms with Gasteiger partial charge in [-0.3, -0.25) is 0 Å². The number of hydrogen-bond donors (Lipinski definition) is 0. The third-order valence-electron chi connectivity index (χ3n) is 2.26. The van der Waals surface area contributed by atoms with Crippen LogP contribution in [-0.4, -0.2) is 24.2 Å². The van der Waals surface area contributed by atoms with E-state index in [1.165, 1.54) is 14.2 Å². The zero-order chi connectivity index (χ0) is 13.8. The van der Waals surface area contributed by atoms with E-state index in [4.69, 9.17) is 25.8 Å². The number of methoxy groups -OCH3 is 2. The summed E-state index contributed by atoms with van der Waals surface area (Å²) in [6.07, 6.45) is 0.923. The van der Waals surface area contributed by atoms with E-state index < -0.39 is 5.82 Å². The number of ether oxygens (including phenoxy) is 3. The van der Waals surface area contributed by atoms with Crippen molar-refractivity contribution in [1.29, 1.82) is 0 Å². The molecule has 2 rings (SSSR count). The van der Waals surface area contributed by atoms with Crippen LogP contribution in [0.25, 0.3) is 0 Å². The van der Waals surface area contributed by atoms with Crippen LogP contribution in [0, 0.1) is 5.82 Å². The maximum Gasteiger partial charge on any atom is 0.260 e. The molecule has 1 aromatic carbocycles. The molecule has 19 heavy (non-hydrogen) atoms. The highest BCUT2D eigenvalue weighted by Gasteiger charge is 2.16. The Balaban J connectivity index is 2.45. The largest absolute Gasteiger partial charge is 0.493 e. The lowest BCUT2D eigenvalue weighted by Crippen LogP contribution is -1.98. The van der Waals surface area contributed by atoms with E-state index in [1.807, 2.05) is 0 Å². The van der Waals surface area contributed by atoms with Gasteiger partial charge < -0.3 is 14.2 Å². The first-order chi connectivity index (χ1) is 9.15. The van der Waals surface area contributed by atoms with Gasteiger partial charge in [0.1, 0.15) is 0 Å². The summed E-state index contributed by atoms with van der Waals surface area (Å²) < 4.78 is 29.2. The molecule has 0 N–H and O–H groups in total. The molecule has 1 heterocycles. The molecule has 100 valence electrons. The third-order valence-corrected chi connectivity index (χ3v) is 2.45. The summed E-state index contributed by atoms with van der Waals surface area (Å²) in [6, 6.07) is 5.02. The predicted octanol–water partition coefficient (Wildman–Crippen LogP) is 3.08. The van der Waals surface area contributed by atoms with Gasteiger partial charge in [-0.15, -0.1) is 0 Å². The molecule has 0 saturated carbocycles. The average molecular weight is 285 g/mol. The summed E-state index contributed by atoms with van der Waals surface area (Å²) in [6.45, 7) is 0. The average Bonchev–Trinajstić information content (AvgIpc) is 2.43. The second-order valence-electron chi connectivity index (χ2n) is 3.39. The van der Waals surface area contributed by atoms with Gasteiger partial charge in [0, 0.05) is 0 Å². The molecular weight excluding hydrogens is 275 g/mol. The zero-order valence-corrected chi connectivity index (χ0v) is 10.9. The maximum atomic E-state index is 13.5. The molecule has 0 spiro atoms. The topological polar surface area (TPSA) is 53.5 Å². The Labute approximate surface area is 113 Å². The normalized spacial score (nSPS) is 10.1. The van der Waals surface area contributed by atoms with E-state index in [9.17, 15) is 4.39 Å². The zero-order valence-electron chi connectivity index (χ0n) is 10.2. The van der Waals surface area contributed by atoms with E-state index in [-0.39, 0.29) is 16.9 Å². The first kappa shape index (κ1) is 13.4. The van der Waals surface area contributed by atoms with Crippen LogP contribution in [0.1, 0.15) is 0 Å². The van der Waals surface area contributed by atoms with Gasteiger partial charge in [0.2, 0.25) is 16.9 Å². The second kappa shape index (κ2) is 5.71. The monoisotopic (exact) mass is 284 g/mol. The smallest absolute Gasteiger partial charge is 0.260 e. The minimum absolute atomic E-state index is 0.120. The highest BCUT2D eigenvalue weighted by Crippen LogP contribution is 2.39. The predicted molar refractivity (Wildman–Crippen MR) is 66.6 cm³/mol. The number of nitrogens with zero attached hydrogens (tertiary/aromatic N) is 2. The maximum absolute atomic E-state index is 13.5. The minimum Gasteiger partial charge on any atom is -0.493 e. The van der Waals surface area contributed by atoms with Crippen molar-refractivity contribution in [2.45, 2.75) is 0 Å². The number of rotatable bonds is 4. The van der Waals surface area contributed by atoms with Crippen molar-refractivity contribution in [3.05, 3.63) is 35.5 Å². The van der Waals surface area contributed by atoms with Crippen LogP contribution in [0.3, 0.4) is 0 Å². The van der Waals surface area contributed by atoms with Gasteiger partial charge in [-0.1, -0.05) is 6.07 Å². The lowest BCUT2D eigenvalue weighted by molar-refractivity contribution is 0.333. The number of benzene rings is 1. The Morgan fingerprint density at radius 3 is 2.37 bits per heavy atom. The van der Waals surface area contributed by atoms with Gasteiger partial charge >= 0.3 is 0 Å². The van der Waals surface area contributed by atoms with Crippen LogP contribution >= 0.6 is 11.6 Å². The van der Waals surface area contributed by atoms with E-state index in [2.05, 4.69) is 9.97 Å². The fourth-order valence-corrected chi connectivity index (χ4v) is 1.54. The molecular formula is C12H10ClFN2O3. The number of hydrogen-bond acceptors (Lipinski definition) is 5. The Morgan fingerprint density at radius 1 is 1.16 bits per heavy atom. The molecule has 0 bridgehead atoms. The van der Waals surface area contributed by atoms with E-state index in [0.29, 0.717) is 11.5 Å². The van der Waals surface area contributed by atoms with Gasteiger partial charge in [-0.05, 0) is 23.7 Å². The summed E-state index contributed by atoms with van der Waals surface area (Å²) in [4.78, 5) is 7.17. The van der Waals surface area contributed by atoms with Crippen molar-refractivity contribution >= 4 is 11.6 Å². The fourth-order valence-electron chi connectivity index (χ4n) is 1.42. The number of aromatic nitrogens is 2. The van der Waals surface area contributed by atoms with Crippen LogP contribution in [0.2, 0.25) is 5.28 Å². The molecule has 0 radical (unpaired) electrons. The first-order valence-electron chi connectivity index (χ1n) is 5.22. The quantitative estimate of drug-likeness (QED) is 0.808. The summed E-state index contributed by atoms with van der Waals surface area (Å²) in [5.74, 6) is -0.0664. The summed E-state index contributed by atoms with van der Waals surface area (Å²) >= 11 is 5.60. The molecule has 2 aromatic rings. The SMILES string of the molecule is COc1cccc(OC)c1Oc1nc(Cl)ncc1F. The van der Waals surface area contributed by atoms with Gasteiger partial charge in [0.15, 0.2) is 11.5 Å². The first-order valence-corrected chi connectivity index (χ1v) is 5.60. The van der Waals surface area contributed by atoms with Crippen LogP contribution in [0.4, 0.5) is 4.39 Å². The second-order valence-corrected chi connectivity index (χ2v) is 3.72. The van der Waals surface area contributed by atoms with Gasteiger partial charge in [-0.25, -0.2) is 4.98 Å². The van der Waals surface area contributed by atoms with Crippen molar-refractivity contribution in [2.24, 2.45) is 0 Å². The van der Waals surface area contributed by atoms with Crippen molar-refractivity contribution in [1.82, 2.24) is 9.97 Å². The molecule has 0 aliphatic heterocycles. The molecule has 1 aromatic heterocycles. The molecule has 0 atom stereocenters. The van der Waals surface area contributed by atoms with E-state index in [0.717, 1.165) is 6.20 Å². The highest BCUT2D eigenvalue weighted by molar-refractivity contribution is 6.28. The summed E-state index contributed by atoms with van der Waals surface area (Å²) in [5, 5.41) is -0.120. The molecule has 0 amide bonds. The van der Waals surface area contributed by atoms with Crippen molar-refractivity contribution in [3.63, 3.8) is 0 Å². The van der Waals surface area contributed by atoms with Crippen molar-refractivity contribution in [2.75, 3.05) is 14.2 Å². The van der Waals surface area contributed by atoms with Crippen molar-refractivity contribution < 1.29 is 18.6 Å². The molecule has 5 nitrogen and oxygen atoms in total. The Bertz CT molecular complexity index is 573. The standard InChI is InChI=1S/C12H10ClFN2O3/c1-17-8-4-3-5-9(18-2)10(8)19-11-7(14)6-15-12(13)16-11/h3-6H,1-2H3. The Hall–Kier alpha value is -2.08. The van der Waals surface area contributed by atoms with Crippen molar-refractivity contribution in [3.8, 4) is 23.1 Å². The molecule has 0 fully saturated rings. The highest BCUT2D eigenvalue weighted by atomic mass is 35.5. The fraction of sp³-hybridized carbons (Fsp3) is 0.167. The molecule has 0 aliphatic rings. The molecule has 7 heteroatoms. The molecule has 0 saturated heterocycles. The summed E-state index contributed by atoms with van der Waals surface area (Å²) in [5.41, 5.74) is 0. The van der Waals surface area contributed by atoms with Crippen LogP contribution in [-0.2, 0) is 0 Å². The van der Waals surface area contributed by atoms with Gasteiger partial charge in [0.05, 0.1) is 20.4 Å². The lowest BCUT2D eigenvalue weighted by atomic mass is 10.3. The van der Waals surface area contributed by atoms with E-state index >= 15 is 0 Å². The van der Waals surface area contributed by atoms with E-state index in [1.54, 1.807) is 18.2 Å². The Kier molecular flexibility index (Phi) is 4.01. The molecule has 0 aliphatic carbocycles. The Morgan fingerprint density at radius 2 is 1.79 bits per heavy atom. The number of halogens is 2. The molecule has 0 unspecified atom stereocenters. The van der Waals surface area contributed by atoms with Crippen LogP contribution in [0.15, 0.2) is 24.4 Å². The third kappa shape index (κ3) is 2.85. The lowest BCUT2D eigenvalue weighted by Gasteiger charge is -2.13. The number of para-hydroxylation sites is 1. The summed E-state index contributed by atoms with van der Waals surface area (Å²) in [7, 11) is 2.93. The van der Waals surface area contributed by atoms with Gasteiger partial charge in [-0.2, -0.15) is 9.37 Å². The van der Waals surface area contributed by atoms with Gasteiger partial charge in [0.25, 0.3) is 5.88 Å². The minimum atomic E-state index is -0.739. The van der Waals surface area contributed by atoms with Crippen LogP contribution < -0.4 is 14.2 Å².